The van der Waals surface area contributed by atoms with E-state index in [2.05, 4.69) is 11.1 Å². The third-order valence-electron chi connectivity index (χ3n) is 5.39. The third kappa shape index (κ3) is 3.85. The van der Waals surface area contributed by atoms with Gasteiger partial charge in [-0.15, -0.1) is 0 Å². The summed E-state index contributed by atoms with van der Waals surface area (Å²) in [6.45, 7) is 0. The van der Waals surface area contributed by atoms with E-state index in [9.17, 15) is 4.39 Å². The van der Waals surface area contributed by atoms with Gasteiger partial charge in [-0.2, -0.15) is 0 Å². The van der Waals surface area contributed by atoms with Gasteiger partial charge in [0.2, 0.25) is 0 Å². The van der Waals surface area contributed by atoms with Gasteiger partial charge in [0.1, 0.15) is 5.82 Å². The Bertz CT molecular complexity index is 822. The van der Waals surface area contributed by atoms with Crippen LogP contribution in [-0.2, 0) is 0 Å². The summed E-state index contributed by atoms with van der Waals surface area (Å²) in [5.74, 6) is 1.35. The Labute approximate surface area is 153 Å². The molecule has 1 aromatic carbocycles. The van der Waals surface area contributed by atoms with Crippen molar-refractivity contribution in [2.24, 2.45) is 11.8 Å². The third-order valence-corrected chi connectivity index (χ3v) is 5.79. The molecule has 0 radical (unpaired) electrons. The van der Waals surface area contributed by atoms with Gasteiger partial charge in [-0.25, -0.2) is 4.39 Å². The predicted octanol–water partition coefficient (Wildman–Crippen LogP) is 6.60. The van der Waals surface area contributed by atoms with Crippen LogP contribution in [0.15, 0.2) is 59.3 Å². The maximum absolute atomic E-state index is 13.1. The Morgan fingerprint density at radius 1 is 0.960 bits per heavy atom. The predicted molar refractivity (Wildman–Crippen MR) is 102 cm³/mol. The zero-order valence-corrected chi connectivity index (χ0v) is 14.8. The van der Waals surface area contributed by atoms with Crippen LogP contribution < -0.4 is 0 Å². The Balaban J connectivity index is 1.56. The van der Waals surface area contributed by atoms with Crippen LogP contribution in [0.3, 0.4) is 0 Å². The van der Waals surface area contributed by atoms with Gasteiger partial charge in [-0.05, 0) is 91.0 Å². The fourth-order valence-corrected chi connectivity index (χ4v) is 4.42. The molecule has 4 rings (SSSR count). The van der Waals surface area contributed by atoms with Gasteiger partial charge in [0.15, 0.2) is 0 Å². The quantitative estimate of drug-likeness (QED) is 0.605. The summed E-state index contributed by atoms with van der Waals surface area (Å²) < 4.78 is 13.1. The molecular formula is C22H21ClFN. The molecular weight excluding hydrogens is 333 g/mol. The van der Waals surface area contributed by atoms with E-state index in [1.165, 1.54) is 37.0 Å². The van der Waals surface area contributed by atoms with Gasteiger partial charge < -0.3 is 0 Å². The maximum atomic E-state index is 13.1. The van der Waals surface area contributed by atoms with E-state index in [0.717, 1.165) is 46.5 Å². The van der Waals surface area contributed by atoms with Crippen molar-refractivity contribution < 1.29 is 4.39 Å². The molecule has 25 heavy (non-hydrogen) atoms. The van der Waals surface area contributed by atoms with E-state index in [1.807, 2.05) is 18.2 Å². The minimum absolute atomic E-state index is 0.220. The van der Waals surface area contributed by atoms with Crippen molar-refractivity contribution in [3.05, 3.63) is 70.8 Å². The molecule has 3 heteroatoms. The summed E-state index contributed by atoms with van der Waals surface area (Å²) in [5, 5.41) is 1.03. The molecule has 0 N–H and O–H groups in total. The highest BCUT2D eigenvalue weighted by atomic mass is 35.5. The Morgan fingerprint density at radius 3 is 2.52 bits per heavy atom. The highest BCUT2D eigenvalue weighted by molar-refractivity contribution is 6.30. The van der Waals surface area contributed by atoms with Crippen molar-refractivity contribution in [1.82, 2.24) is 4.98 Å². The summed E-state index contributed by atoms with van der Waals surface area (Å²) >= 11 is 6.56. The molecule has 0 spiro atoms. The highest BCUT2D eigenvalue weighted by Gasteiger charge is 2.29. The highest BCUT2D eigenvalue weighted by Crippen LogP contribution is 2.43. The second-order valence-corrected chi connectivity index (χ2v) is 7.65. The van der Waals surface area contributed by atoms with Crippen molar-refractivity contribution in [2.75, 3.05) is 0 Å². The van der Waals surface area contributed by atoms with Crippen LogP contribution in [0.5, 0.6) is 0 Å². The van der Waals surface area contributed by atoms with Gasteiger partial charge in [-0.1, -0.05) is 29.8 Å². The molecule has 128 valence electrons. The van der Waals surface area contributed by atoms with Crippen molar-refractivity contribution in [2.45, 2.75) is 32.1 Å². The molecule has 0 saturated heterocycles. The zero-order chi connectivity index (χ0) is 17.2. The van der Waals surface area contributed by atoms with Crippen LogP contribution in [0, 0.1) is 17.7 Å². The topological polar surface area (TPSA) is 12.9 Å². The number of nitrogens with zero attached hydrogens (tertiary/aromatic N) is 1. The number of hydrogen-bond acceptors (Lipinski definition) is 1. The van der Waals surface area contributed by atoms with Crippen LogP contribution in [0.2, 0.25) is 0 Å². The smallest absolute Gasteiger partial charge is 0.123 e. The summed E-state index contributed by atoms with van der Waals surface area (Å²) in [7, 11) is 0. The molecule has 2 bridgehead atoms. The maximum Gasteiger partial charge on any atom is 0.123 e. The fraction of sp³-hybridized carbons (Fsp3) is 0.318. The van der Waals surface area contributed by atoms with E-state index in [0.29, 0.717) is 0 Å². The first-order chi connectivity index (χ1) is 12.2. The lowest BCUT2D eigenvalue weighted by Crippen LogP contribution is -1.95. The first-order valence-electron chi connectivity index (χ1n) is 8.95. The summed E-state index contributed by atoms with van der Waals surface area (Å²) in [4.78, 5) is 4.44. The number of benzene rings is 1. The monoisotopic (exact) mass is 353 g/mol. The van der Waals surface area contributed by atoms with Crippen LogP contribution >= 0.6 is 11.6 Å². The molecule has 1 aromatic heterocycles. The lowest BCUT2D eigenvalue weighted by Gasteiger charge is -2.11. The van der Waals surface area contributed by atoms with E-state index >= 15 is 0 Å². The molecule has 2 aliphatic carbocycles. The second-order valence-electron chi connectivity index (χ2n) is 7.19. The van der Waals surface area contributed by atoms with Crippen LogP contribution in [-0.4, -0.2) is 4.98 Å². The van der Waals surface area contributed by atoms with Crippen LogP contribution in [0.1, 0.15) is 37.8 Å². The lowest BCUT2D eigenvalue weighted by molar-refractivity contribution is 0.510. The SMILES string of the molecule is Fc1ccc(-c2ccnc(/C=C/C3=C(Cl)CC4CCC(C3)C4)c2)cc1. The number of fused-ring (bicyclic) bond motifs is 2. The van der Waals surface area contributed by atoms with Crippen LogP contribution in [0.25, 0.3) is 17.2 Å². The standard InChI is InChI=1S/C22H21ClFN/c23-22-13-16-2-1-15(11-16)12-19(22)5-8-21-14-18(9-10-25-21)17-3-6-20(24)7-4-17/h3-10,14-16H,1-2,11-13H2/b8-5+. The van der Waals surface area contributed by atoms with Crippen molar-refractivity contribution >= 4 is 17.7 Å². The molecule has 2 aliphatic rings. The molecule has 1 heterocycles. The van der Waals surface area contributed by atoms with Crippen molar-refractivity contribution in [3.8, 4) is 11.1 Å². The summed E-state index contributed by atoms with van der Waals surface area (Å²) in [5.41, 5.74) is 4.19. The molecule has 0 aliphatic heterocycles. The molecule has 2 aromatic rings. The van der Waals surface area contributed by atoms with Gasteiger partial charge in [0.25, 0.3) is 0 Å². The lowest BCUT2D eigenvalue weighted by atomic mass is 9.98. The fourth-order valence-electron chi connectivity index (χ4n) is 4.06. The van der Waals surface area contributed by atoms with Crippen molar-refractivity contribution in [3.63, 3.8) is 0 Å². The van der Waals surface area contributed by atoms with Gasteiger partial charge in [0, 0.05) is 11.2 Å². The Morgan fingerprint density at radius 2 is 1.72 bits per heavy atom. The molecule has 1 fully saturated rings. The molecule has 2 unspecified atom stereocenters. The molecule has 1 saturated carbocycles. The Hall–Kier alpha value is -1.93. The normalized spacial score (nSPS) is 23.3. The van der Waals surface area contributed by atoms with Crippen molar-refractivity contribution in [1.29, 1.82) is 0 Å². The summed E-state index contributed by atoms with van der Waals surface area (Å²) in [6, 6.07) is 10.5. The minimum atomic E-state index is -0.220. The second kappa shape index (κ2) is 7.13. The van der Waals surface area contributed by atoms with E-state index in [4.69, 9.17) is 11.6 Å². The number of aromatic nitrogens is 1. The number of rotatable bonds is 3. The number of hydrogen-bond donors (Lipinski definition) is 0. The van der Waals surface area contributed by atoms with Crippen LogP contribution in [0.4, 0.5) is 4.39 Å². The van der Waals surface area contributed by atoms with E-state index < -0.39 is 0 Å². The first-order valence-corrected chi connectivity index (χ1v) is 9.33. The largest absolute Gasteiger partial charge is 0.257 e. The van der Waals surface area contributed by atoms with Gasteiger partial charge in [0.05, 0.1) is 5.69 Å². The van der Waals surface area contributed by atoms with Gasteiger partial charge >= 0.3 is 0 Å². The minimum Gasteiger partial charge on any atom is -0.257 e. The zero-order valence-electron chi connectivity index (χ0n) is 14.1. The number of halogens is 2. The first kappa shape index (κ1) is 16.5. The average molecular weight is 354 g/mol. The average Bonchev–Trinajstić information content (AvgIpc) is 2.99. The molecule has 2 atom stereocenters. The van der Waals surface area contributed by atoms with E-state index in [1.54, 1.807) is 18.3 Å². The number of pyridine rings is 1. The molecule has 1 nitrogen and oxygen atoms in total. The van der Waals surface area contributed by atoms with Gasteiger partial charge in [-0.3, -0.25) is 4.98 Å². The summed E-state index contributed by atoms with van der Waals surface area (Å²) in [6.07, 6.45) is 12.1. The Kier molecular flexibility index (Phi) is 4.72. The van der Waals surface area contributed by atoms with E-state index in [-0.39, 0.29) is 5.82 Å². The molecule has 0 amide bonds. The number of allylic oxidation sites excluding steroid dienone is 3.